The van der Waals surface area contributed by atoms with Crippen LogP contribution in [0.2, 0.25) is 0 Å². The first-order chi connectivity index (χ1) is 6.53. The van der Waals surface area contributed by atoms with Crippen molar-refractivity contribution in [2.75, 3.05) is 0 Å². The Morgan fingerprint density at radius 2 is 2.36 bits per heavy atom. The van der Waals surface area contributed by atoms with E-state index in [-0.39, 0.29) is 5.92 Å². The van der Waals surface area contributed by atoms with E-state index in [0.29, 0.717) is 6.42 Å². The van der Waals surface area contributed by atoms with E-state index in [1.54, 1.807) is 0 Å². The van der Waals surface area contributed by atoms with Gasteiger partial charge in [-0.1, -0.05) is 30.5 Å². The lowest BCUT2D eigenvalue weighted by Gasteiger charge is -2.29. The van der Waals surface area contributed by atoms with Crippen molar-refractivity contribution in [2.24, 2.45) is 11.3 Å². The molecule has 0 amide bonds. The summed E-state index contributed by atoms with van der Waals surface area (Å²) in [5.74, 6) is -0.410. The van der Waals surface area contributed by atoms with Gasteiger partial charge in [0, 0.05) is 5.54 Å². The molecule has 3 heteroatoms. The Hall–Kier alpha value is -0.500. The van der Waals surface area contributed by atoms with Gasteiger partial charge < -0.3 is 5.11 Å². The van der Waals surface area contributed by atoms with Crippen molar-refractivity contribution in [3.8, 4) is 0 Å². The Morgan fingerprint density at radius 3 is 2.71 bits per heavy atom. The molecule has 1 rings (SSSR count). The minimum Gasteiger partial charge on any atom is -0.481 e. The van der Waals surface area contributed by atoms with E-state index in [4.69, 9.17) is 11.6 Å². The zero-order valence-corrected chi connectivity index (χ0v) is 9.47. The maximum atomic E-state index is 11.3. The van der Waals surface area contributed by atoms with E-state index in [9.17, 15) is 9.90 Å². The second-order valence-corrected chi connectivity index (χ2v) is 4.61. The lowest BCUT2D eigenvalue weighted by Crippen LogP contribution is -2.33. The van der Waals surface area contributed by atoms with Crippen LogP contribution in [0.25, 0.3) is 0 Å². The van der Waals surface area contributed by atoms with Crippen LogP contribution < -0.4 is 0 Å². The van der Waals surface area contributed by atoms with Crippen molar-refractivity contribution in [1.29, 1.82) is 0 Å². The molecule has 0 radical (unpaired) electrons. The van der Waals surface area contributed by atoms with Gasteiger partial charge in [-0.15, -0.1) is 0 Å². The smallest absolute Gasteiger partial charge is 0.310 e. The molecular weight excluding hydrogens is 200 g/mol. The standard InChI is InChI=1S/C11H17ClO2/c1-8(7-12)6-11(10(13)14)5-3-4-9(11)2/h7,9H,3-6H2,1-2H3,(H,13,14)/b8-7-. The van der Waals surface area contributed by atoms with Gasteiger partial charge in [0.2, 0.25) is 0 Å². The van der Waals surface area contributed by atoms with E-state index in [1.165, 1.54) is 5.54 Å². The molecule has 0 aromatic heterocycles. The average molecular weight is 217 g/mol. The van der Waals surface area contributed by atoms with Gasteiger partial charge in [0.05, 0.1) is 5.41 Å². The number of hydrogen-bond acceptors (Lipinski definition) is 1. The van der Waals surface area contributed by atoms with Crippen LogP contribution in [0, 0.1) is 11.3 Å². The summed E-state index contributed by atoms with van der Waals surface area (Å²) in [6.07, 6.45) is 3.41. The highest BCUT2D eigenvalue weighted by Gasteiger charge is 2.46. The first-order valence-electron chi connectivity index (χ1n) is 5.02. The van der Waals surface area contributed by atoms with E-state index in [2.05, 4.69) is 0 Å². The zero-order chi connectivity index (χ0) is 10.8. The summed E-state index contributed by atoms with van der Waals surface area (Å²) in [5.41, 5.74) is 1.90. The molecule has 2 nitrogen and oxygen atoms in total. The summed E-state index contributed by atoms with van der Waals surface area (Å²) in [7, 11) is 0. The molecule has 0 heterocycles. The molecule has 14 heavy (non-hydrogen) atoms. The van der Waals surface area contributed by atoms with Gasteiger partial charge in [0.1, 0.15) is 0 Å². The summed E-state index contributed by atoms with van der Waals surface area (Å²) >= 11 is 5.59. The minimum atomic E-state index is -0.666. The van der Waals surface area contributed by atoms with Gasteiger partial charge in [0.25, 0.3) is 0 Å². The van der Waals surface area contributed by atoms with Crippen LogP contribution in [0.4, 0.5) is 0 Å². The van der Waals surface area contributed by atoms with Gasteiger partial charge in [0.15, 0.2) is 0 Å². The van der Waals surface area contributed by atoms with Crippen molar-refractivity contribution < 1.29 is 9.90 Å². The molecule has 2 atom stereocenters. The number of rotatable bonds is 3. The van der Waals surface area contributed by atoms with E-state index < -0.39 is 11.4 Å². The molecule has 2 unspecified atom stereocenters. The minimum absolute atomic E-state index is 0.256. The highest BCUT2D eigenvalue weighted by Crippen LogP contribution is 2.47. The fourth-order valence-electron chi connectivity index (χ4n) is 2.44. The van der Waals surface area contributed by atoms with Gasteiger partial charge in [-0.05, 0) is 32.1 Å². The Bertz CT molecular complexity index is 260. The van der Waals surface area contributed by atoms with Crippen molar-refractivity contribution >= 4 is 17.6 Å². The largest absolute Gasteiger partial charge is 0.481 e. The van der Waals surface area contributed by atoms with E-state index in [1.807, 2.05) is 13.8 Å². The predicted octanol–water partition coefficient (Wildman–Crippen LogP) is 3.41. The molecule has 80 valence electrons. The summed E-state index contributed by atoms with van der Waals surface area (Å²) in [4.78, 5) is 11.3. The second kappa shape index (κ2) is 4.35. The van der Waals surface area contributed by atoms with E-state index in [0.717, 1.165) is 24.8 Å². The van der Waals surface area contributed by atoms with Crippen molar-refractivity contribution in [3.63, 3.8) is 0 Å². The molecule has 0 aromatic rings. The SMILES string of the molecule is C/C(=C/Cl)CC1(C(=O)O)CCCC1C. The summed E-state index contributed by atoms with van der Waals surface area (Å²) in [6.45, 7) is 3.92. The van der Waals surface area contributed by atoms with Crippen LogP contribution in [0.5, 0.6) is 0 Å². The second-order valence-electron chi connectivity index (χ2n) is 4.39. The summed E-state index contributed by atoms with van der Waals surface area (Å²) in [6, 6.07) is 0. The topological polar surface area (TPSA) is 37.3 Å². The van der Waals surface area contributed by atoms with Crippen LogP contribution in [0.15, 0.2) is 11.1 Å². The quantitative estimate of drug-likeness (QED) is 0.785. The monoisotopic (exact) mass is 216 g/mol. The number of carboxylic acids is 1. The third-order valence-corrected chi connectivity index (χ3v) is 3.78. The van der Waals surface area contributed by atoms with Crippen LogP contribution >= 0.6 is 11.6 Å². The van der Waals surface area contributed by atoms with Gasteiger partial charge in [-0.25, -0.2) is 0 Å². The number of allylic oxidation sites excluding steroid dienone is 1. The first kappa shape index (κ1) is 11.6. The van der Waals surface area contributed by atoms with E-state index >= 15 is 0 Å². The molecule has 0 saturated heterocycles. The van der Waals surface area contributed by atoms with Gasteiger partial charge in [-0.3, -0.25) is 4.79 Å². The van der Waals surface area contributed by atoms with Crippen molar-refractivity contribution in [3.05, 3.63) is 11.1 Å². The first-order valence-corrected chi connectivity index (χ1v) is 5.46. The Morgan fingerprint density at radius 1 is 1.71 bits per heavy atom. The third kappa shape index (κ3) is 1.95. The molecule has 0 spiro atoms. The molecular formula is C11H17ClO2. The number of halogens is 1. The van der Waals surface area contributed by atoms with Crippen molar-refractivity contribution in [2.45, 2.75) is 39.5 Å². The van der Waals surface area contributed by atoms with Crippen molar-refractivity contribution in [1.82, 2.24) is 0 Å². The fourth-order valence-corrected chi connectivity index (χ4v) is 2.52. The van der Waals surface area contributed by atoms with Crippen LogP contribution in [0.1, 0.15) is 39.5 Å². The number of hydrogen-bond donors (Lipinski definition) is 1. The normalized spacial score (nSPS) is 33.4. The average Bonchev–Trinajstić information content (AvgIpc) is 2.49. The van der Waals surface area contributed by atoms with Gasteiger partial charge >= 0.3 is 5.97 Å². The number of aliphatic carboxylic acids is 1. The third-order valence-electron chi connectivity index (χ3n) is 3.41. The maximum Gasteiger partial charge on any atom is 0.310 e. The van der Waals surface area contributed by atoms with Crippen LogP contribution in [0.3, 0.4) is 0 Å². The summed E-state index contributed by atoms with van der Waals surface area (Å²) in [5, 5.41) is 9.31. The molecule has 0 aromatic carbocycles. The lowest BCUT2D eigenvalue weighted by atomic mass is 9.74. The lowest BCUT2D eigenvalue weighted by molar-refractivity contribution is -0.151. The zero-order valence-electron chi connectivity index (χ0n) is 8.72. The molecule has 1 aliphatic rings. The van der Waals surface area contributed by atoms with Gasteiger partial charge in [-0.2, -0.15) is 0 Å². The Balaban J connectivity index is 2.88. The maximum absolute atomic E-state index is 11.3. The van der Waals surface area contributed by atoms with Crippen LogP contribution in [-0.2, 0) is 4.79 Å². The fraction of sp³-hybridized carbons (Fsp3) is 0.727. The molecule has 0 bridgehead atoms. The van der Waals surface area contributed by atoms with Crippen LogP contribution in [-0.4, -0.2) is 11.1 Å². The molecule has 0 aliphatic heterocycles. The summed E-state index contributed by atoms with van der Waals surface area (Å²) < 4.78 is 0. The molecule has 1 aliphatic carbocycles. The Labute approximate surface area is 90.0 Å². The highest BCUT2D eigenvalue weighted by molar-refractivity contribution is 6.25. The molecule has 1 saturated carbocycles. The number of carbonyl (C=O) groups is 1. The highest BCUT2D eigenvalue weighted by atomic mass is 35.5. The molecule has 1 fully saturated rings. The predicted molar refractivity (Wildman–Crippen MR) is 57.3 cm³/mol. The number of carboxylic acid groups (broad SMARTS) is 1. The Kier molecular flexibility index (Phi) is 3.59. The molecule has 1 N–H and O–H groups in total.